The minimum absolute atomic E-state index is 0.230. The average molecular weight is 444 g/mol. The lowest BCUT2D eigenvalue weighted by atomic mass is 10.1. The van der Waals surface area contributed by atoms with Crippen LogP contribution in [0.5, 0.6) is 11.6 Å². The number of benzene rings is 1. The van der Waals surface area contributed by atoms with Crippen LogP contribution in [-0.4, -0.2) is 48.6 Å². The van der Waals surface area contributed by atoms with Crippen molar-refractivity contribution in [3.05, 3.63) is 53.7 Å². The summed E-state index contributed by atoms with van der Waals surface area (Å²) in [4.78, 5) is 29.8. The molecule has 0 bridgehead atoms. The van der Waals surface area contributed by atoms with Crippen molar-refractivity contribution in [2.45, 2.75) is 31.8 Å². The maximum absolute atomic E-state index is 12.8. The van der Waals surface area contributed by atoms with Crippen LogP contribution in [-0.2, 0) is 11.3 Å². The van der Waals surface area contributed by atoms with Gasteiger partial charge in [0.1, 0.15) is 11.8 Å². The molecule has 1 aromatic heterocycles. The van der Waals surface area contributed by atoms with E-state index in [4.69, 9.17) is 9.47 Å². The van der Waals surface area contributed by atoms with Gasteiger partial charge in [-0.2, -0.15) is 11.8 Å². The van der Waals surface area contributed by atoms with Crippen LogP contribution in [0.4, 0.5) is 0 Å². The van der Waals surface area contributed by atoms with E-state index in [1.54, 1.807) is 42.2 Å². The highest BCUT2D eigenvalue weighted by Gasteiger charge is 2.23. The summed E-state index contributed by atoms with van der Waals surface area (Å²) in [5.41, 5.74) is 1.27. The summed E-state index contributed by atoms with van der Waals surface area (Å²) in [6.45, 7) is 1.04. The smallest absolute Gasteiger partial charge is 0.255 e. The first-order valence-electron chi connectivity index (χ1n) is 10.4. The van der Waals surface area contributed by atoms with E-state index in [1.807, 2.05) is 18.4 Å². The van der Waals surface area contributed by atoms with Crippen molar-refractivity contribution in [2.75, 3.05) is 25.7 Å². The number of nitrogens with one attached hydrogen (secondary N) is 2. The molecule has 1 heterocycles. The maximum atomic E-state index is 12.8. The highest BCUT2D eigenvalue weighted by Crippen LogP contribution is 2.29. The Morgan fingerprint density at radius 1 is 1.23 bits per heavy atom. The number of aromatic nitrogens is 1. The zero-order valence-corrected chi connectivity index (χ0v) is 18.7. The van der Waals surface area contributed by atoms with Crippen LogP contribution in [0, 0.1) is 5.92 Å². The van der Waals surface area contributed by atoms with Gasteiger partial charge in [0.15, 0.2) is 0 Å². The Morgan fingerprint density at radius 3 is 2.71 bits per heavy atom. The lowest BCUT2D eigenvalue weighted by Gasteiger charge is -2.19. The molecule has 1 aromatic carbocycles. The first-order valence-corrected chi connectivity index (χ1v) is 11.8. The molecule has 1 aliphatic rings. The predicted octanol–water partition coefficient (Wildman–Crippen LogP) is 3.05. The highest BCUT2D eigenvalue weighted by atomic mass is 32.2. The minimum atomic E-state index is -0.640. The van der Waals surface area contributed by atoms with Gasteiger partial charge in [-0.3, -0.25) is 9.59 Å². The fourth-order valence-corrected chi connectivity index (χ4v) is 3.45. The summed E-state index contributed by atoms with van der Waals surface area (Å²) in [6.07, 6.45) is 6.66. The largest absolute Gasteiger partial charge is 0.496 e. The topological polar surface area (TPSA) is 89.5 Å². The van der Waals surface area contributed by atoms with E-state index in [9.17, 15) is 9.59 Å². The molecule has 0 radical (unpaired) electrons. The molecule has 1 fully saturated rings. The molecule has 7 nitrogen and oxygen atoms in total. The number of nitrogens with zero attached hydrogens (tertiary/aromatic N) is 1. The highest BCUT2D eigenvalue weighted by molar-refractivity contribution is 7.98. The van der Waals surface area contributed by atoms with E-state index >= 15 is 0 Å². The Bertz CT molecular complexity index is 871. The maximum Gasteiger partial charge on any atom is 0.255 e. The fraction of sp³-hybridized carbons (Fsp3) is 0.435. The van der Waals surface area contributed by atoms with Gasteiger partial charge < -0.3 is 20.1 Å². The van der Waals surface area contributed by atoms with Crippen LogP contribution < -0.4 is 20.1 Å². The summed E-state index contributed by atoms with van der Waals surface area (Å²) >= 11 is 1.63. The Labute approximate surface area is 187 Å². The van der Waals surface area contributed by atoms with Gasteiger partial charge >= 0.3 is 0 Å². The number of hydrogen-bond acceptors (Lipinski definition) is 6. The van der Waals surface area contributed by atoms with Gasteiger partial charge in [-0.05, 0) is 54.9 Å². The Morgan fingerprint density at radius 2 is 2.03 bits per heavy atom. The molecule has 3 rings (SSSR count). The predicted molar refractivity (Wildman–Crippen MR) is 122 cm³/mol. The van der Waals surface area contributed by atoms with Crippen molar-refractivity contribution in [2.24, 2.45) is 5.92 Å². The summed E-state index contributed by atoms with van der Waals surface area (Å²) in [5.74, 6) is 1.93. The number of carbonyl (C=O) groups is 2. The van der Waals surface area contributed by atoms with E-state index in [0.717, 1.165) is 11.3 Å². The number of para-hydroxylation sites is 1. The Balaban J connectivity index is 1.55. The zero-order valence-electron chi connectivity index (χ0n) is 17.9. The average Bonchev–Trinajstić information content (AvgIpc) is 3.64. The molecule has 1 saturated carbocycles. The SMILES string of the molecule is COc1ccccc1C(=O)NC(CCSC)C(=O)NCc1ccc(OCC2CC2)nc1. The molecular weight excluding hydrogens is 414 g/mol. The van der Waals surface area contributed by atoms with Crippen molar-refractivity contribution in [3.8, 4) is 11.6 Å². The van der Waals surface area contributed by atoms with Gasteiger partial charge in [0.25, 0.3) is 5.91 Å². The summed E-state index contributed by atoms with van der Waals surface area (Å²) in [7, 11) is 1.51. The second-order valence-corrected chi connectivity index (χ2v) is 8.47. The van der Waals surface area contributed by atoms with Crippen LogP contribution in [0.3, 0.4) is 0 Å². The number of thioether (sulfide) groups is 1. The molecule has 2 N–H and O–H groups in total. The molecule has 2 aromatic rings. The number of ether oxygens (including phenoxy) is 2. The van der Waals surface area contributed by atoms with Crippen LogP contribution in [0.1, 0.15) is 35.2 Å². The second kappa shape index (κ2) is 11.6. The van der Waals surface area contributed by atoms with Crippen LogP contribution in [0.15, 0.2) is 42.6 Å². The van der Waals surface area contributed by atoms with Crippen molar-refractivity contribution >= 4 is 23.6 Å². The van der Waals surface area contributed by atoms with E-state index in [0.29, 0.717) is 42.7 Å². The molecule has 1 unspecified atom stereocenters. The first-order chi connectivity index (χ1) is 15.1. The number of rotatable bonds is 12. The number of pyridine rings is 1. The molecule has 31 heavy (non-hydrogen) atoms. The van der Waals surface area contributed by atoms with Gasteiger partial charge in [0, 0.05) is 18.8 Å². The van der Waals surface area contributed by atoms with E-state index in [1.165, 1.54) is 20.0 Å². The third-order valence-corrected chi connectivity index (χ3v) is 5.66. The molecule has 0 aliphatic heterocycles. The van der Waals surface area contributed by atoms with Gasteiger partial charge in [-0.15, -0.1) is 0 Å². The molecule has 166 valence electrons. The van der Waals surface area contributed by atoms with Gasteiger partial charge in [-0.1, -0.05) is 18.2 Å². The summed E-state index contributed by atoms with van der Waals surface area (Å²) in [6, 6.07) is 10.0. The molecule has 2 amide bonds. The third-order valence-electron chi connectivity index (χ3n) is 5.01. The quantitative estimate of drug-likeness (QED) is 0.524. The number of methoxy groups -OCH3 is 1. The fourth-order valence-electron chi connectivity index (χ4n) is 2.97. The lowest BCUT2D eigenvalue weighted by molar-refractivity contribution is -0.123. The Kier molecular flexibility index (Phi) is 8.58. The van der Waals surface area contributed by atoms with Crippen molar-refractivity contribution < 1.29 is 19.1 Å². The molecule has 0 saturated heterocycles. The summed E-state index contributed by atoms with van der Waals surface area (Å²) in [5, 5.41) is 5.74. The molecular formula is C23H29N3O4S. The number of hydrogen-bond donors (Lipinski definition) is 2. The van der Waals surface area contributed by atoms with Crippen molar-refractivity contribution in [1.82, 2.24) is 15.6 Å². The lowest BCUT2D eigenvalue weighted by Crippen LogP contribution is -2.47. The van der Waals surface area contributed by atoms with E-state index in [2.05, 4.69) is 15.6 Å². The van der Waals surface area contributed by atoms with E-state index in [-0.39, 0.29) is 11.8 Å². The van der Waals surface area contributed by atoms with Gasteiger partial charge in [0.2, 0.25) is 11.8 Å². The van der Waals surface area contributed by atoms with Crippen LogP contribution in [0.2, 0.25) is 0 Å². The van der Waals surface area contributed by atoms with Gasteiger partial charge in [-0.25, -0.2) is 4.98 Å². The molecule has 1 aliphatic carbocycles. The molecule has 0 spiro atoms. The molecule has 1 atom stereocenters. The monoisotopic (exact) mass is 443 g/mol. The minimum Gasteiger partial charge on any atom is -0.496 e. The second-order valence-electron chi connectivity index (χ2n) is 7.48. The third kappa shape index (κ3) is 7.17. The first kappa shape index (κ1) is 22.9. The Hall–Kier alpha value is -2.74. The summed E-state index contributed by atoms with van der Waals surface area (Å²) < 4.78 is 10.9. The van der Waals surface area contributed by atoms with Crippen molar-refractivity contribution in [1.29, 1.82) is 0 Å². The van der Waals surface area contributed by atoms with Crippen LogP contribution in [0.25, 0.3) is 0 Å². The molecule has 8 heteroatoms. The van der Waals surface area contributed by atoms with Crippen LogP contribution >= 0.6 is 11.8 Å². The normalized spacial score (nSPS) is 13.9. The van der Waals surface area contributed by atoms with Gasteiger partial charge in [0.05, 0.1) is 19.3 Å². The number of carbonyl (C=O) groups excluding carboxylic acids is 2. The van der Waals surface area contributed by atoms with Crippen molar-refractivity contribution in [3.63, 3.8) is 0 Å². The zero-order chi connectivity index (χ0) is 22.1. The van der Waals surface area contributed by atoms with E-state index < -0.39 is 6.04 Å². The number of amides is 2. The standard InChI is InChI=1S/C23H29N3O4S/c1-29-20-6-4-3-5-18(20)22(27)26-19(11-12-31-2)23(28)25-14-17-9-10-21(24-13-17)30-15-16-7-8-16/h3-6,9-10,13,16,19H,7-8,11-12,14-15H2,1-2H3,(H,25,28)(H,26,27).